The van der Waals surface area contributed by atoms with E-state index in [9.17, 15) is 14.7 Å². The Balaban J connectivity index is 1.45. The van der Waals surface area contributed by atoms with Crippen LogP contribution >= 0.6 is 0 Å². The summed E-state index contributed by atoms with van der Waals surface area (Å²) in [4.78, 5) is 24.1. The van der Waals surface area contributed by atoms with Crippen LogP contribution in [0.4, 0.5) is 0 Å². The molecule has 3 rings (SSSR count). The maximum Gasteiger partial charge on any atom is 0.275 e. The number of hydrogen-bond donors (Lipinski definition) is 3. The first-order chi connectivity index (χ1) is 15.0. The minimum atomic E-state index is -0.509. The minimum Gasteiger partial charge on any atom is -0.507 e. The van der Waals surface area contributed by atoms with E-state index >= 15 is 0 Å². The van der Waals surface area contributed by atoms with E-state index < -0.39 is 5.91 Å². The second-order valence-electron chi connectivity index (χ2n) is 6.77. The molecule has 0 radical (unpaired) electrons. The summed E-state index contributed by atoms with van der Waals surface area (Å²) >= 11 is 0. The molecule has 2 amide bonds. The normalized spacial score (nSPS) is 11.6. The lowest BCUT2D eigenvalue weighted by Gasteiger charge is -2.14. The van der Waals surface area contributed by atoms with Crippen LogP contribution in [0.15, 0.2) is 84.0 Å². The highest BCUT2D eigenvalue weighted by molar-refractivity contribution is 5.97. The summed E-state index contributed by atoms with van der Waals surface area (Å²) < 4.78 is 5.52. The maximum atomic E-state index is 12.1. The molecule has 0 fully saturated rings. The van der Waals surface area contributed by atoms with E-state index in [2.05, 4.69) is 15.8 Å². The van der Waals surface area contributed by atoms with Crippen molar-refractivity contribution in [1.29, 1.82) is 0 Å². The van der Waals surface area contributed by atoms with Crippen LogP contribution < -0.4 is 15.5 Å². The van der Waals surface area contributed by atoms with Gasteiger partial charge in [0.25, 0.3) is 11.8 Å². The van der Waals surface area contributed by atoms with Crippen molar-refractivity contribution < 1.29 is 19.4 Å². The van der Waals surface area contributed by atoms with Crippen LogP contribution in [0.2, 0.25) is 0 Å². The average Bonchev–Trinajstić information content (AvgIpc) is 2.79. The fourth-order valence-electron chi connectivity index (χ4n) is 2.80. The molecule has 3 aromatic carbocycles. The molecule has 3 N–H and O–H groups in total. The molecule has 0 aliphatic heterocycles. The highest BCUT2D eigenvalue weighted by Gasteiger charge is 2.10. The van der Waals surface area contributed by atoms with Crippen LogP contribution in [0.25, 0.3) is 0 Å². The Morgan fingerprint density at radius 1 is 1.00 bits per heavy atom. The summed E-state index contributed by atoms with van der Waals surface area (Å²) in [5.74, 6) is -0.296. The zero-order chi connectivity index (χ0) is 22.1. The molecule has 1 atom stereocenters. The molecule has 3 aromatic rings. The van der Waals surface area contributed by atoms with Gasteiger partial charge in [-0.05, 0) is 54.4 Å². The molecule has 0 saturated heterocycles. The minimum absolute atomic E-state index is 0.0960. The van der Waals surface area contributed by atoms with Gasteiger partial charge in [0.1, 0.15) is 11.5 Å². The van der Waals surface area contributed by atoms with Crippen LogP contribution in [-0.2, 0) is 4.79 Å². The van der Waals surface area contributed by atoms with Gasteiger partial charge in [-0.3, -0.25) is 9.59 Å². The van der Waals surface area contributed by atoms with Gasteiger partial charge in [0, 0.05) is 0 Å². The molecule has 158 valence electrons. The van der Waals surface area contributed by atoms with Gasteiger partial charge in [0.2, 0.25) is 0 Å². The molecule has 1 unspecified atom stereocenters. The second-order valence-corrected chi connectivity index (χ2v) is 6.77. The van der Waals surface area contributed by atoms with Crippen molar-refractivity contribution in [3.8, 4) is 11.5 Å². The van der Waals surface area contributed by atoms with Crippen molar-refractivity contribution in [2.75, 3.05) is 6.61 Å². The summed E-state index contributed by atoms with van der Waals surface area (Å²) in [7, 11) is 0. The number of amides is 2. The Hall–Kier alpha value is -4.13. The maximum absolute atomic E-state index is 12.1. The van der Waals surface area contributed by atoms with Crippen molar-refractivity contribution in [2.24, 2.45) is 5.10 Å². The Morgan fingerprint density at radius 2 is 1.68 bits per heavy atom. The topological polar surface area (TPSA) is 100 Å². The summed E-state index contributed by atoms with van der Waals surface area (Å²) in [6.07, 6.45) is 1.47. The van der Waals surface area contributed by atoms with Crippen molar-refractivity contribution in [3.63, 3.8) is 0 Å². The predicted octanol–water partition coefficient (Wildman–Crippen LogP) is 3.41. The van der Waals surface area contributed by atoms with Crippen molar-refractivity contribution in [1.82, 2.24) is 10.7 Å². The van der Waals surface area contributed by atoms with Gasteiger partial charge in [-0.25, -0.2) is 5.43 Å². The number of benzene rings is 3. The molecular weight excluding hydrogens is 394 g/mol. The lowest BCUT2D eigenvalue weighted by atomic mass is 10.1. The van der Waals surface area contributed by atoms with Crippen LogP contribution in [0.5, 0.6) is 11.5 Å². The van der Waals surface area contributed by atoms with Crippen molar-refractivity contribution in [2.45, 2.75) is 13.0 Å². The first kappa shape index (κ1) is 21.6. The number of nitrogens with one attached hydrogen (secondary N) is 2. The molecule has 31 heavy (non-hydrogen) atoms. The standard InChI is InChI=1S/C24H23N3O4/c1-17(19-7-3-2-4-8-19)26-23(29)16-31-20-13-11-18(12-14-20)15-25-27-24(30)21-9-5-6-10-22(21)28/h2-15,17,28H,16H2,1H3,(H,26,29)(H,27,30). The van der Waals surface area contributed by atoms with E-state index in [0.717, 1.165) is 11.1 Å². The largest absolute Gasteiger partial charge is 0.507 e. The van der Waals surface area contributed by atoms with Gasteiger partial charge < -0.3 is 15.2 Å². The van der Waals surface area contributed by atoms with Crippen LogP contribution in [0, 0.1) is 0 Å². The molecule has 7 nitrogen and oxygen atoms in total. The van der Waals surface area contributed by atoms with Gasteiger partial charge in [0.05, 0.1) is 17.8 Å². The number of ether oxygens (including phenoxy) is 1. The molecule has 7 heteroatoms. The smallest absolute Gasteiger partial charge is 0.275 e. The van der Waals surface area contributed by atoms with E-state index in [0.29, 0.717) is 5.75 Å². The number of para-hydroxylation sites is 1. The van der Waals surface area contributed by atoms with Crippen LogP contribution in [0.1, 0.15) is 34.5 Å². The van der Waals surface area contributed by atoms with Gasteiger partial charge in [0.15, 0.2) is 6.61 Å². The fraction of sp³-hybridized carbons (Fsp3) is 0.125. The summed E-state index contributed by atoms with van der Waals surface area (Å²) in [5.41, 5.74) is 4.25. The number of carbonyl (C=O) groups is 2. The molecule has 0 saturated carbocycles. The van der Waals surface area contributed by atoms with Crippen molar-refractivity contribution in [3.05, 3.63) is 95.6 Å². The highest BCUT2D eigenvalue weighted by atomic mass is 16.5. The first-order valence-corrected chi connectivity index (χ1v) is 9.71. The predicted molar refractivity (Wildman–Crippen MR) is 118 cm³/mol. The summed E-state index contributed by atoms with van der Waals surface area (Å²) in [5, 5.41) is 16.4. The third-order valence-corrected chi connectivity index (χ3v) is 4.46. The lowest BCUT2D eigenvalue weighted by Crippen LogP contribution is -2.31. The SMILES string of the molecule is CC(NC(=O)COc1ccc(C=NNC(=O)c2ccccc2O)cc1)c1ccccc1. The first-order valence-electron chi connectivity index (χ1n) is 9.71. The molecule has 0 bridgehead atoms. The van der Waals surface area contributed by atoms with Gasteiger partial charge in [-0.2, -0.15) is 5.10 Å². The van der Waals surface area contributed by atoms with E-state index in [4.69, 9.17) is 4.74 Å². The zero-order valence-electron chi connectivity index (χ0n) is 17.0. The Morgan fingerprint density at radius 3 is 2.39 bits per heavy atom. The number of phenolic OH excluding ortho intramolecular Hbond substituents is 1. The molecule has 0 aromatic heterocycles. The third-order valence-electron chi connectivity index (χ3n) is 4.46. The summed E-state index contributed by atoms with van der Waals surface area (Å²) in [6.45, 7) is 1.82. The van der Waals surface area contributed by atoms with Crippen LogP contribution in [-0.4, -0.2) is 29.7 Å². The Kier molecular flexibility index (Phi) is 7.37. The molecular formula is C24H23N3O4. The number of rotatable bonds is 8. The second kappa shape index (κ2) is 10.6. The fourth-order valence-corrected chi connectivity index (χ4v) is 2.80. The zero-order valence-corrected chi connectivity index (χ0v) is 17.0. The number of phenols is 1. The molecule has 0 aliphatic carbocycles. The Labute approximate surface area is 180 Å². The molecule has 0 aliphatic rings. The average molecular weight is 417 g/mol. The van der Waals surface area contributed by atoms with Gasteiger partial charge in [-0.1, -0.05) is 42.5 Å². The monoisotopic (exact) mass is 417 g/mol. The van der Waals surface area contributed by atoms with Crippen LogP contribution in [0.3, 0.4) is 0 Å². The number of nitrogens with zero attached hydrogens (tertiary/aromatic N) is 1. The third kappa shape index (κ3) is 6.43. The number of hydrogen-bond acceptors (Lipinski definition) is 5. The molecule has 0 spiro atoms. The van der Waals surface area contributed by atoms with E-state index in [1.807, 2.05) is 37.3 Å². The van der Waals surface area contributed by atoms with Crippen molar-refractivity contribution >= 4 is 18.0 Å². The van der Waals surface area contributed by atoms with Gasteiger partial charge >= 0.3 is 0 Å². The van der Waals surface area contributed by atoms with E-state index in [-0.39, 0.29) is 29.9 Å². The van der Waals surface area contributed by atoms with E-state index in [1.165, 1.54) is 18.3 Å². The number of carbonyl (C=O) groups excluding carboxylic acids is 2. The van der Waals surface area contributed by atoms with E-state index in [1.54, 1.807) is 36.4 Å². The Bertz CT molecular complexity index is 1050. The molecule has 0 heterocycles. The summed E-state index contributed by atoms with van der Waals surface area (Å²) in [6, 6.07) is 22.7. The highest BCUT2D eigenvalue weighted by Crippen LogP contribution is 2.15. The quantitative estimate of drug-likeness (QED) is 0.386. The number of hydrazone groups is 1. The number of aromatic hydroxyl groups is 1. The lowest BCUT2D eigenvalue weighted by molar-refractivity contribution is -0.123. The van der Waals surface area contributed by atoms with Gasteiger partial charge in [-0.15, -0.1) is 0 Å².